The van der Waals surface area contributed by atoms with E-state index in [1.54, 1.807) is 0 Å². The minimum atomic E-state index is 0.713. The fourth-order valence-corrected chi connectivity index (χ4v) is 2.90. The molecule has 0 saturated heterocycles. The topological polar surface area (TPSA) is 15.3 Å². The van der Waals surface area contributed by atoms with Crippen LogP contribution in [0.5, 0.6) is 0 Å². The minimum absolute atomic E-state index is 0.713. The van der Waals surface area contributed by atoms with Gasteiger partial charge in [-0.2, -0.15) is 0 Å². The largest absolute Gasteiger partial charge is 0.367 e. The Hall–Kier alpha value is -0.730. The predicted octanol–water partition coefficient (Wildman–Crippen LogP) is 4.85. The number of rotatable bonds is 9. The van der Waals surface area contributed by atoms with Crippen LogP contribution in [0.15, 0.2) is 18.2 Å². The lowest BCUT2D eigenvalue weighted by atomic mass is 10.1. The molecule has 1 N–H and O–H groups in total. The SMILES string of the molecule is CCCNCc1ccc(N(CCC(C)C)C2CC2)c(Cl)c1. The van der Waals surface area contributed by atoms with E-state index in [0.29, 0.717) is 6.04 Å². The molecule has 0 heterocycles. The summed E-state index contributed by atoms with van der Waals surface area (Å²) in [6.45, 7) is 9.84. The Morgan fingerprint density at radius 1 is 1.33 bits per heavy atom. The van der Waals surface area contributed by atoms with Gasteiger partial charge >= 0.3 is 0 Å². The van der Waals surface area contributed by atoms with Gasteiger partial charge in [0.05, 0.1) is 10.7 Å². The molecule has 1 aliphatic carbocycles. The van der Waals surface area contributed by atoms with Crippen LogP contribution in [0.3, 0.4) is 0 Å². The molecule has 0 amide bonds. The van der Waals surface area contributed by atoms with Crippen LogP contribution in [0.1, 0.15) is 52.0 Å². The minimum Gasteiger partial charge on any atom is -0.367 e. The summed E-state index contributed by atoms with van der Waals surface area (Å²) in [7, 11) is 0. The lowest BCUT2D eigenvalue weighted by molar-refractivity contribution is 0.571. The highest BCUT2D eigenvalue weighted by Gasteiger charge is 2.30. The summed E-state index contributed by atoms with van der Waals surface area (Å²) >= 11 is 6.55. The highest BCUT2D eigenvalue weighted by atomic mass is 35.5. The summed E-state index contributed by atoms with van der Waals surface area (Å²) in [5, 5.41) is 4.33. The summed E-state index contributed by atoms with van der Waals surface area (Å²) in [4.78, 5) is 2.52. The van der Waals surface area contributed by atoms with E-state index < -0.39 is 0 Å². The van der Waals surface area contributed by atoms with E-state index in [0.717, 1.165) is 37.0 Å². The van der Waals surface area contributed by atoms with Crippen LogP contribution in [0.2, 0.25) is 5.02 Å². The van der Waals surface area contributed by atoms with Crippen LogP contribution >= 0.6 is 11.6 Å². The maximum atomic E-state index is 6.55. The zero-order valence-corrected chi connectivity index (χ0v) is 14.4. The molecule has 2 rings (SSSR count). The van der Waals surface area contributed by atoms with Crippen molar-refractivity contribution in [1.29, 1.82) is 0 Å². The third-order valence-corrected chi connectivity index (χ3v) is 4.32. The van der Waals surface area contributed by atoms with Crippen LogP contribution in [0.4, 0.5) is 5.69 Å². The molecule has 0 aromatic heterocycles. The molecule has 0 unspecified atom stereocenters. The van der Waals surface area contributed by atoms with Crippen molar-refractivity contribution >= 4 is 17.3 Å². The third kappa shape index (κ3) is 5.19. The Morgan fingerprint density at radius 3 is 2.67 bits per heavy atom. The molecule has 0 aliphatic heterocycles. The van der Waals surface area contributed by atoms with Crippen molar-refractivity contribution in [3.8, 4) is 0 Å². The second-order valence-corrected chi connectivity index (χ2v) is 6.98. The Balaban J connectivity index is 2.03. The van der Waals surface area contributed by atoms with Crippen molar-refractivity contribution in [2.24, 2.45) is 5.92 Å². The summed E-state index contributed by atoms with van der Waals surface area (Å²) in [6.07, 6.45) is 5.02. The average Bonchev–Trinajstić information content (AvgIpc) is 3.25. The summed E-state index contributed by atoms with van der Waals surface area (Å²) < 4.78 is 0. The fourth-order valence-electron chi connectivity index (χ4n) is 2.59. The first-order chi connectivity index (χ1) is 10.1. The standard InChI is InChI=1S/C18H29ClN2/c1-4-10-20-13-15-5-8-18(17(19)12-15)21(16-6-7-16)11-9-14(2)3/h5,8,12,14,16,20H,4,6-7,9-11,13H2,1-3H3. The quantitative estimate of drug-likeness (QED) is 0.656. The van der Waals surface area contributed by atoms with E-state index >= 15 is 0 Å². The Morgan fingerprint density at radius 2 is 2.10 bits per heavy atom. The van der Waals surface area contributed by atoms with Crippen molar-refractivity contribution in [2.45, 2.75) is 59.0 Å². The number of hydrogen-bond donors (Lipinski definition) is 1. The van der Waals surface area contributed by atoms with Gasteiger partial charge in [0, 0.05) is 19.1 Å². The molecule has 3 heteroatoms. The number of halogens is 1. The normalized spacial score (nSPS) is 14.7. The maximum Gasteiger partial charge on any atom is 0.0642 e. The van der Waals surface area contributed by atoms with Crippen LogP contribution in [0, 0.1) is 5.92 Å². The van der Waals surface area contributed by atoms with E-state index in [4.69, 9.17) is 11.6 Å². The Labute approximate surface area is 134 Å². The molecule has 21 heavy (non-hydrogen) atoms. The van der Waals surface area contributed by atoms with Gasteiger partial charge in [0.15, 0.2) is 0 Å². The fraction of sp³-hybridized carbons (Fsp3) is 0.667. The van der Waals surface area contributed by atoms with Crippen LogP contribution in [-0.2, 0) is 6.54 Å². The van der Waals surface area contributed by atoms with Gasteiger partial charge in [-0.3, -0.25) is 0 Å². The predicted molar refractivity (Wildman–Crippen MR) is 93.3 cm³/mol. The van der Waals surface area contributed by atoms with Gasteiger partial charge in [0.2, 0.25) is 0 Å². The van der Waals surface area contributed by atoms with Crippen LogP contribution in [0.25, 0.3) is 0 Å². The second-order valence-electron chi connectivity index (χ2n) is 6.57. The molecular formula is C18H29ClN2. The Kier molecular flexibility index (Phi) is 6.38. The first-order valence-corrected chi connectivity index (χ1v) is 8.75. The molecule has 0 spiro atoms. The molecule has 118 valence electrons. The zero-order valence-electron chi connectivity index (χ0n) is 13.7. The van der Waals surface area contributed by atoms with Gasteiger partial charge in [-0.15, -0.1) is 0 Å². The summed E-state index contributed by atoms with van der Waals surface area (Å²) in [6, 6.07) is 7.27. The van der Waals surface area contributed by atoms with Gasteiger partial charge in [-0.25, -0.2) is 0 Å². The van der Waals surface area contributed by atoms with Crippen molar-refractivity contribution < 1.29 is 0 Å². The van der Waals surface area contributed by atoms with Crippen molar-refractivity contribution in [1.82, 2.24) is 5.32 Å². The van der Waals surface area contributed by atoms with E-state index in [1.807, 2.05) is 0 Å². The summed E-state index contributed by atoms with van der Waals surface area (Å²) in [5.41, 5.74) is 2.50. The molecule has 1 fully saturated rings. The Bertz CT molecular complexity index is 441. The number of hydrogen-bond acceptors (Lipinski definition) is 2. The second kappa shape index (κ2) is 8.05. The van der Waals surface area contributed by atoms with E-state index in [2.05, 4.69) is 49.2 Å². The monoisotopic (exact) mass is 308 g/mol. The number of nitrogens with one attached hydrogen (secondary N) is 1. The highest BCUT2D eigenvalue weighted by molar-refractivity contribution is 6.33. The lowest BCUT2D eigenvalue weighted by Crippen LogP contribution is -2.28. The molecule has 2 nitrogen and oxygen atoms in total. The van der Waals surface area contributed by atoms with E-state index in [-0.39, 0.29) is 0 Å². The summed E-state index contributed by atoms with van der Waals surface area (Å²) in [5.74, 6) is 0.738. The van der Waals surface area contributed by atoms with Gasteiger partial charge in [0.1, 0.15) is 0 Å². The van der Waals surface area contributed by atoms with E-state index in [9.17, 15) is 0 Å². The highest BCUT2D eigenvalue weighted by Crippen LogP contribution is 2.36. The third-order valence-electron chi connectivity index (χ3n) is 4.01. The van der Waals surface area contributed by atoms with Crippen LogP contribution in [-0.4, -0.2) is 19.1 Å². The molecule has 0 atom stereocenters. The first kappa shape index (κ1) is 16.6. The van der Waals surface area contributed by atoms with Gasteiger partial charge < -0.3 is 10.2 Å². The van der Waals surface area contributed by atoms with Crippen molar-refractivity contribution in [2.75, 3.05) is 18.0 Å². The smallest absolute Gasteiger partial charge is 0.0642 e. The maximum absolute atomic E-state index is 6.55. The van der Waals surface area contributed by atoms with Crippen LogP contribution < -0.4 is 10.2 Å². The van der Waals surface area contributed by atoms with E-state index in [1.165, 1.54) is 30.5 Å². The molecule has 1 aliphatic rings. The molecule has 0 radical (unpaired) electrons. The van der Waals surface area contributed by atoms with Gasteiger partial charge in [-0.05, 0) is 55.8 Å². The molecule has 1 aromatic carbocycles. The molecule has 1 aromatic rings. The number of nitrogens with zero attached hydrogens (tertiary/aromatic N) is 1. The molecule has 0 bridgehead atoms. The zero-order chi connectivity index (χ0) is 15.2. The molecular weight excluding hydrogens is 280 g/mol. The first-order valence-electron chi connectivity index (χ1n) is 8.37. The van der Waals surface area contributed by atoms with Crippen molar-refractivity contribution in [3.63, 3.8) is 0 Å². The van der Waals surface area contributed by atoms with Crippen molar-refractivity contribution in [3.05, 3.63) is 28.8 Å². The lowest BCUT2D eigenvalue weighted by Gasteiger charge is -2.27. The number of anilines is 1. The van der Waals surface area contributed by atoms with Gasteiger partial charge in [0.25, 0.3) is 0 Å². The van der Waals surface area contributed by atoms with Gasteiger partial charge in [-0.1, -0.05) is 38.4 Å². The molecule has 1 saturated carbocycles. The average molecular weight is 309 g/mol. The number of benzene rings is 1.